The van der Waals surface area contributed by atoms with Gasteiger partial charge in [-0.25, -0.2) is 23.6 Å². The number of hydrogen-bond acceptors (Lipinski definition) is 6. The van der Waals surface area contributed by atoms with Crippen molar-refractivity contribution < 1.29 is 19.1 Å². The summed E-state index contributed by atoms with van der Waals surface area (Å²) in [6.45, 7) is 7.30. The second-order valence-corrected chi connectivity index (χ2v) is 14.6. The lowest BCUT2D eigenvalue weighted by atomic mass is 9.86. The van der Waals surface area contributed by atoms with Crippen LogP contribution in [-0.4, -0.2) is 38.2 Å². The zero-order chi connectivity index (χ0) is 37.7. The minimum absolute atomic E-state index is 0.00393. The normalized spacial score (nSPS) is 12.0. The van der Waals surface area contributed by atoms with Crippen LogP contribution in [0, 0.1) is 5.41 Å². The van der Waals surface area contributed by atoms with Crippen molar-refractivity contribution in [2.24, 2.45) is 5.41 Å². The summed E-state index contributed by atoms with van der Waals surface area (Å²) < 4.78 is 8.57. The third-order valence-electron chi connectivity index (χ3n) is 8.92. The van der Waals surface area contributed by atoms with Crippen molar-refractivity contribution in [3.8, 4) is 5.69 Å². The van der Waals surface area contributed by atoms with Crippen molar-refractivity contribution in [1.82, 2.24) is 13.9 Å². The van der Waals surface area contributed by atoms with E-state index < -0.39 is 40.5 Å². The summed E-state index contributed by atoms with van der Waals surface area (Å²) in [5.74, 6) is -2.19. The Kier molecular flexibility index (Phi) is 14.8. The molecule has 0 saturated heterocycles. The lowest BCUT2D eigenvalue weighted by Gasteiger charge is -2.24. The predicted molar refractivity (Wildman–Crippen MR) is 206 cm³/mol. The second-order valence-electron chi connectivity index (χ2n) is 14.1. The van der Waals surface area contributed by atoms with E-state index in [0.29, 0.717) is 10.3 Å². The number of ketones is 1. The van der Waals surface area contributed by atoms with Gasteiger partial charge in [-0.2, -0.15) is 4.68 Å². The third kappa shape index (κ3) is 10.7. The highest BCUT2D eigenvalue weighted by atomic mass is 35.5. The number of Topliss-reactive ketones (excluding diaryl/α,β-unsaturated/α-hetero) is 1. The summed E-state index contributed by atoms with van der Waals surface area (Å²) >= 11 is 6.46. The minimum Gasteiger partial charge on any atom is -0.462 e. The number of hydrogen-bond donors (Lipinski definition) is 1. The molecule has 1 N–H and O–H groups in total. The smallest absolute Gasteiger partial charge is 0.353 e. The van der Waals surface area contributed by atoms with E-state index in [2.05, 4.69) is 12.2 Å². The number of nitrogens with one attached hydrogen (secondary N) is 1. The minimum atomic E-state index is -1.85. The fourth-order valence-corrected chi connectivity index (χ4v) is 6.15. The van der Waals surface area contributed by atoms with Gasteiger partial charge in [0.15, 0.2) is 11.8 Å². The maximum atomic E-state index is 14.2. The zero-order valence-corrected chi connectivity index (χ0v) is 31.5. The Labute approximate surface area is 310 Å². The molecule has 0 aliphatic carbocycles. The number of rotatable bonds is 19. The highest BCUT2D eigenvalue weighted by Crippen LogP contribution is 2.28. The van der Waals surface area contributed by atoms with Gasteiger partial charge < -0.3 is 10.1 Å². The van der Waals surface area contributed by atoms with E-state index in [1.807, 2.05) is 30.3 Å². The first-order chi connectivity index (χ1) is 24.9. The van der Waals surface area contributed by atoms with E-state index in [4.69, 9.17) is 16.3 Å². The van der Waals surface area contributed by atoms with Crippen molar-refractivity contribution in [2.75, 3.05) is 11.9 Å². The fraction of sp³-hybridized carbons (Fsp3) is 0.439. The lowest BCUT2D eigenvalue weighted by Crippen LogP contribution is -2.46. The molecular formula is C41H51ClN4O6. The van der Waals surface area contributed by atoms with Gasteiger partial charge in [0.25, 0.3) is 5.91 Å². The Morgan fingerprint density at radius 3 is 1.94 bits per heavy atom. The molecular weight excluding hydrogens is 680 g/mol. The first-order valence-electron chi connectivity index (χ1n) is 18.3. The molecule has 3 aromatic carbocycles. The monoisotopic (exact) mass is 730 g/mol. The molecule has 0 aliphatic rings. The summed E-state index contributed by atoms with van der Waals surface area (Å²) in [6, 6.07) is 20.1. The molecule has 1 atom stereocenters. The highest BCUT2D eigenvalue weighted by Gasteiger charge is 2.40. The van der Waals surface area contributed by atoms with Crippen LogP contribution in [0.25, 0.3) is 5.69 Å². The Bertz CT molecular complexity index is 1910. The largest absolute Gasteiger partial charge is 0.462 e. The van der Waals surface area contributed by atoms with E-state index in [-0.39, 0.29) is 29.4 Å². The molecule has 0 spiro atoms. The van der Waals surface area contributed by atoms with Crippen molar-refractivity contribution in [3.63, 3.8) is 0 Å². The molecule has 0 bridgehead atoms. The van der Waals surface area contributed by atoms with Gasteiger partial charge in [-0.15, -0.1) is 0 Å². The molecule has 10 nitrogen and oxygen atoms in total. The molecule has 0 aliphatic heterocycles. The zero-order valence-electron chi connectivity index (χ0n) is 30.7. The number of carbonyl (C=O) groups is 3. The van der Waals surface area contributed by atoms with Crippen LogP contribution in [0.2, 0.25) is 5.02 Å². The maximum absolute atomic E-state index is 14.2. The summed E-state index contributed by atoms with van der Waals surface area (Å²) in [7, 11) is 0. The Morgan fingerprint density at radius 1 is 0.769 bits per heavy atom. The van der Waals surface area contributed by atoms with E-state index in [9.17, 15) is 24.0 Å². The van der Waals surface area contributed by atoms with E-state index in [0.717, 1.165) is 24.8 Å². The van der Waals surface area contributed by atoms with Gasteiger partial charge in [0, 0.05) is 5.41 Å². The molecule has 1 amide bonds. The van der Waals surface area contributed by atoms with Gasteiger partial charge in [-0.3, -0.25) is 9.59 Å². The van der Waals surface area contributed by atoms with Gasteiger partial charge in [-0.05, 0) is 42.3 Å². The molecule has 1 aromatic heterocycles. The number of anilines is 1. The summed E-state index contributed by atoms with van der Waals surface area (Å²) in [5, 5.41) is 2.72. The van der Waals surface area contributed by atoms with Gasteiger partial charge in [-0.1, -0.05) is 146 Å². The predicted octanol–water partition coefficient (Wildman–Crippen LogP) is 8.38. The van der Waals surface area contributed by atoms with E-state index >= 15 is 0 Å². The van der Waals surface area contributed by atoms with Crippen LogP contribution in [-0.2, 0) is 20.9 Å². The number of amides is 1. The molecule has 4 aromatic rings. The topological polar surface area (TPSA) is 121 Å². The number of ether oxygens (including phenoxy) is 1. The van der Waals surface area contributed by atoms with Gasteiger partial charge in [0.1, 0.15) is 0 Å². The lowest BCUT2D eigenvalue weighted by molar-refractivity contribution is -0.135. The number of halogens is 1. The molecule has 0 fully saturated rings. The Morgan fingerprint density at radius 2 is 1.35 bits per heavy atom. The molecule has 11 heteroatoms. The van der Waals surface area contributed by atoms with Crippen LogP contribution in [0.3, 0.4) is 0 Å². The van der Waals surface area contributed by atoms with Crippen LogP contribution in [0.1, 0.15) is 114 Å². The second kappa shape index (κ2) is 19.2. The highest BCUT2D eigenvalue weighted by molar-refractivity contribution is 6.34. The first kappa shape index (κ1) is 40.1. The number of unbranched alkanes of at least 4 members (excludes halogenated alkanes) is 9. The third-order valence-corrected chi connectivity index (χ3v) is 9.25. The summed E-state index contributed by atoms with van der Waals surface area (Å²) in [6.07, 6.45) is 11.6. The van der Waals surface area contributed by atoms with Crippen molar-refractivity contribution >= 4 is 34.9 Å². The van der Waals surface area contributed by atoms with Crippen molar-refractivity contribution in [2.45, 2.75) is 104 Å². The van der Waals surface area contributed by atoms with E-state index in [1.54, 1.807) is 51.1 Å². The average Bonchev–Trinajstić information content (AvgIpc) is 3.36. The Hall–Kier alpha value is -4.70. The van der Waals surface area contributed by atoms with Crippen LogP contribution < -0.4 is 16.7 Å². The van der Waals surface area contributed by atoms with Gasteiger partial charge >= 0.3 is 17.3 Å². The quantitative estimate of drug-likeness (QED) is 0.0588. The number of nitrogens with zero attached hydrogens (tertiary/aromatic N) is 3. The van der Waals surface area contributed by atoms with Crippen LogP contribution in [0.4, 0.5) is 5.69 Å². The SMILES string of the molecule is CCCCCCCCCCCCOC(=O)c1ccc(Cl)c(NC(=O)C(C(=O)C(C)(C)C)n2c(=O)n(Cc3ccccc3)n(-c3ccccc3)c2=O)c1. The number of para-hydroxylation sites is 1. The molecule has 52 heavy (non-hydrogen) atoms. The summed E-state index contributed by atoms with van der Waals surface area (Å²) in [5.41, 5.74) is -1.52. The van der Waals surface area contributed by atoms with Crippen LogP contribution in [0.15, 0.2) is 88.5 Å². The van der Waals surface area contributed by atoms with Gasteiger partial charge in [0.2, 0.25) is 0 Å². The maximum Gasteiger partial charge on any atom is 0.353 e. The number of esters is 1. The molecule has 0 radical (unpaired) electrons. The van der Waals surface area contributed by atoms with Crippen LogP contribution >= 0.6 is 11.6 Å². The van der Waals surface area contributed by atoms with Crippen molar-refractivity contribution in [1.29, 1.82) is 0 Å². The molecule has 4 rings (SSSR count). The number of aromatic nitrogens is 3. The standard InChI is InChI=1S/C41H51ClN4O6/c1-5-6-7-8-9-10-11-12-13-20-27-52-38(49)31-25-26-33(42)34(28-31)43-37(48)35(36(47)41(2,3)4)45-39(50)44(29-30-21-16-14-17-22-30)46(40(45)51)32-23-18-15-19-24-32/h14-19,21-26,28,35H,5-13,20,27,29H2,1-4H3,(H,43,48). The molecule has 1 heterocycles. The average molecular weight is 731 g/mol. The molecule has 1 unspecified atom stereocenters. The van der Waals surface area contributed by atoms with Crippen LogP contribution in [0.5, 0.6) is 0 Å². The van der Waals surface area contributed by atoms with Gasteiger partial charge in [0.05, 0.1) is 35.1 Å². The first-order valence-corrected chi connectivity index (χ1v) is 18.7. The number of benzene rings is 3. The summed E-state index contributed by atoms with van der Waals surface area (Å²) in [4.78, 5) is 69.4. The van der Waals surface area contributed by atoms with E-state index in [1.165, 1.54) is 72.5 Å². The molecule has 278 valence electrons. The fourth-order valence-electron chi connectivity index (χ4n) is 5.98. The van der Waals surface area contributed by atoms with Crippen molar-refractivity contribution in [3.05, 3.63) is 116 Å². The Balaban J connectivity index is 1.55. The number of carbonyl (C=O) groups excluding carboxylic acids is 3. The molecule has 0 saturated carbocycles.